The summed E-state index contributed by atoms with van der Waals surface area (Å²) in [5.74, 6) is 0. The highest BCUT2D eigenvalue weighted by Crippen LogP contribution is 2.27. The summed E-state index contributed by atoms with van der Waals surface area (Å²) in [6.07, 6.45) is 7.18. The summed E-state index contributed by atoms with van der Waals surface area (Å²) < 4.78 is 0. The highest BCUT2D eigenvalue weighted by atomic mass is 16.3. The Morgan fingerprint density at radius 3 is 2.45 bits per heavy atom. The van der Waals surface area contributed by atoms with Crippen LogP contribution in [0.5, 0.6) is 0 Å². The van der Waals surface area contributed by atoms with Gasteiger partial charge in [0.1, 0.15) is 0 Å². The Hall–Kier alpha value is -0.560. The minimum atomic E-state index is -0.686. The lowest BCUT2D eigenvalue weighted by Gasteiger charge is -2.24. The van der Waals surface area contributed by atoms with E-state index in [2.05, 4.69) is 18.6 Å². The fraction of sp³-hybridized carbons (Fsp3) is 0.500. The monoisotopic (exact) mass is 151 g/mol. The van der Waals surface area contributed by atoms with Gasteiger partial charge in [0, 0.05) is 0 Å². The Morgan fingerprint density at radius 2 is 2.09 bits per heavy atom. The van der Waals surface area contributed by atoms with E-state index in [1.165, 1.54) is 5.57 Å². The first-order valence-corrected chi connectivity index (χ1v) is 3.95. The van der Waals surface area contributed by atoms with Crippen LogP contribution >= 0.6 is 0 Å². The molecule has 1 heteroatoms. The Labute approximate surface area is 68.4 Å². The average molecular weight is 151 g/mol. The molecule has 1 N–H and O–H groups in total. The lowest BCUT2D eigenvalue weighted by molar-refractivity contribution is 0.121. The van der Waals surface area contributed by atoms with Crippen molar-refractivity contribution >= 4 is 0 Å². The van der Waals surface area contributed by atoms with Crippen molar-refractivity contribution in [1.29, 1.82) is 0 Å². The number of hydrogen-bond donors (Lipinski definition) is 1. The van der Waals surface area contributed by atoms with E-state index in [0.717, 1.165) is 12.0 Å². The van der Waals surface area contributed by atoms with Gasteiger partial charge in [0.2, 0.25) is 0 Å². The third-order valence-electron chi connectivity index (χ3n) is 1.91. The Bertz CT molecular complexity index is 203. The molecule has 0 fully saturated rings. The summed E-state index contributed by atoms with van der Waals surface area (Å²) >= 11 is 0. The summed E-state index contributed by atoms with van der Waals surface area (Å²) in [5.41, 5.74) is 1.54. The molecule has 0 aromatic heterocycles. The van der Waals surface area contributed by atoms with Crippen LogP contribution in [0, 0.1) is 6.42 Å². The molecule has 0 saturated carbocycles. The zero-order valence-corrected chi connectivity index (χ0v) is 7.39. The predicted molar refractivity (Wildman–Crippen MR) is 47.1 cm³/mol. The SMILES string of the molecule is CC1=C[CH]CC=C1C(C)(C)O. The van der Waals surface area contributed by atoms with Gasteiger partial charge in [0.15, 0.2) is 0 Å². The highest BCUT2D eigenvalue weighted by molar-refractivity contribution is 5.40. The second-order valence-corrected chi connectivity index (χ2v) is 3.50. The van der Waals surface area contributed by atoms with E-state index >= 15 is 0 Å². The van der Waals surface area contributed by atoms with E-state index in [4.69, 9.17) is 0 Å². The lowest BCUT2D eigenvalue weighted by Crippen LogP contribution is -2.23. The molecule has 0 atom stereocenters. The van der Waals surface area contributed by atoms with Crippen molar-refractivity contribution in [1.82, 2.24) is 0 Å². The van der Waals surface area contributed by atoms with E-state index < -0.39 is 5.60 Å². The Kier molecular flexibility index (Phi) is 2.19. The molecule has 0 aliphatic heterocycles. The topological polar surface area (TPSA) is 20.2 Å². The molecular formula is C10H15O. The molecule has 0 aromatic carbocycles. The molecule has 0 spiro atoms. The quantitative estimate of drug-likeness (QED) is 0.609. The van der Waals surface area contributed by atoms with Crippen molar-refractivity contribution in [3.05, 3.63) is 29.7 Å². The van der Waals surface area contributed by atoms with Crippen LogP contribution in [0.3, 0.4) is 0 Å². The van der Waals surface area contributed by atoms with E-state index in [9.17, 15) is 5.11 Å². The molecule has 0 amide bonds. The zero-order valence-electron chi connectivity index (χ0n) is 7.39. The lowest BCUT2D eigenvalue weighted by atomic mass is 9.87. The van der Waals surface area contributed by atoms with Crippen LogP contribution in [-0.4, -0.2) is 10.7 Å². The molecule has 1 aliphatic carbocycles. The predicted octanol–water partition coefficient (Wildman–Crippen LogP) is 2.24. The molecular weight excluding hydrogens is 136 g/mol. The maximum absolute atomic E-state index is 9.69. The smallest absolute Gasteiger partial charge is 0.0839 e. The van der Waals surface area contributed by atoms with Crippen LogP contribution in [0.1, 0.15) is 27.2 Å². The van der Waals surface area contributed by atoms with Gasteiger partial charge in [-0.2, -0.15) is 0 Å². The van der Waals surface area contributed by atoms with Crippen molar-refractivity contribution in [2.24, 2.45) is 0 Å². The van der Waals surface area contributed by atoms with Crippen molar-refractivity contribution in [2.75, 3.05) is 0 Å². The summed E-state index contributed by atoms with van der Waals surface area (Å²) in [6.45, 7) is 5.67. The second-order valence-electron chi connectivity index (χ2n) is 3.50. The molecule has 1 rings (SSSR count). The maximum Gasteiger partial charge on any atom is 0.0839 e. The third-order valence-corrected chi connectivity index (χ3v) is 1.91. The fourth-order valence-corrected chi connectivity index (χ4v) is 1.41. The van der Waals surface area contributed by atoms with Crippen molar-refractivity contribution < 1.29 is 5.11 Å². The first kappa shape index (κ1) is 8.54. The molecule has 0 heterocycles. The normalized spacial score (nSPS) is 19.3. The highest BCUT2D eigenvalue weighted by Gasteiger charge is 2.21. The standard InChI is InChI=1S/C10H15O/c1-8-6-4-5-7-9(8)10(2,3)11/h4,6-7,11H,5H2,1-3H3. The van der Waals surface area contributed by atoms with Gasteiger partial charge in [-0.25, -0.2) is 0 Å². The molecule has 0 saturated heterocycles. The van der Waals surface area contributed by atoms with Crippen molar-refractivity contribution in [2.45, 2.75) is 32.8 Å². The van der Waals surface area contributed by atoms with Crippen LogP contribution in [0.25, 0.3) is 0 Å². The molecule has 0 bridgehead atoms. The third kappa shape index (κ3) is 1.93. The second kappa shape index (κ2) is 2.82. The summed E-state index contributed by atoms with van der Waals surface area (Å²) in [6, 6.07) is 0. The number of hydrogen-bond acceptors (Lipinski definition) is 1. The van der Waals surface area contributed by atoms with E-state index in [1.807, 2.05) is 20.8 Å². The Balaban J connectivity index is 2.87. The summed E-state index contributed by atoms with van der Waals surface area (Å²) in [4.78, 5) is 0. The minimum absolute atomic E-state index is 0.686. The maximum atomic E-state index is 9.69. The fourth-order valence-electron chi connectivity index (χ4n) is 1.41. The number of allylic oxidation sites excluding steroid dienone is 2. The average Bonchev–Trinajstić information content (AvgIpc) is 1.86. The first-order valence-electron chi connectivity index (χ1n) is 3.95. The van der Waals surface area contributed by atoms with Gasteiger partial charge in [-0.1, -0.05) is 12.2 Å². The molecule has 0 aromatic rings. The summed E-state index contributed by atoms with van der Waals surface area (Å²) in [7, 11) is 0. The van der Waals surface area contributed by atoms with Crippen LogP contribution in [0.4, 0.5) is 0 Å². The van der Waals surface area contributed by atoms with E-state index in [-0.39, 0.29) is 0 Å². The first-order chi connectivity index (χ1) is 5.02. The van der Waals surface area contributed by atoms with Gasteiger partial charge >= 0.3 is 0 Å². The van der Waals surface area contributed by atoms with Gasteiger partial charge in [0.05, 0.1) is 5.60 Å². The van der Waals surface area contributed by atoms with Gasteiger partial charge in [0.25, 0.3) is 0 Å². The van der Waals surface area contributed by atoms with Crippen LogP contribution in [-0.2, 0) is 0 Å². The van der Waals surface area contributed by atoms with Gasteiger partial charge in [-0.3, -0.25) is 0 Å². The number of rotatable bonds is 1. The number of aliphatic hydroxyl groups is 1. The van der Waals surface area contributed by atoms with E-state index in [1.54, 1.807) is 0 Å². The largest absolute Gasteiger partial charge is 0.386 e. The molecule has 0 unspecified atom stereocenters. The van der Waals surface area contributed by atoms with Crippen LogP contribution in [0.2, 0.25) is 0 Å². The molecule has 11 heavy (non-hydrogen) atoms. The minimum Gasteiger partial charge on any atom is -0.386 e. The molecule has 1 aliphatic rings. The van der Waals surface area contributed by atoms with E-state index in [0.29, 0.717) is 0 Å². The van der Waals surface area contributed by atoms with Gasteiger partial charge in [-0.05, 0) is 44.8 Å². The molecule has 1 nitrogen and oxygen atoms in total. The molecule has 61 valence electrons. The van der Waals surface area contributed by atoms with Crippen molar-refractivity contribution in [3.63, 3.8) is 0 Å². The van der Waals surface area contributed by atoms with Gasteiger partial charge in [-0.15, -0.1) is 0 Å². The molecule has 1 radical (unpaired) electrons. The van der Waals surface area contributed by atoms with Gasteiger partial charge < -0.3 is 5.11 Å². The van der Waals surface area contributed by atoms with Crippen molar-refractivity contribution in [3.8, 4) is 0 Å². The van der Waals surface area contributed by atoms with Crippen LogP contribution in [0.15, 0.2) is 23.3 Å². The van der Waals surface area contributed by atoms with Crippen LogP contribution < -0.4 is 0 Å². The zero-order chi connectivity index (χ0) is 8.48. The Morgan fingerprint density at radius 1 is 1.45 bits per heavy atom. The summed E-state index contributed by atoms with van der Waals surface area (Å²) in [5, 5.41) is 9.69.